The third-order valence-corrected chi connectivity index (χ3v) is 3.15. The first-order valence-corrected chi connectivity index (χ1v) is 6.52. The number of carbonyl (C=O) groups excluding carboxylic acids is 1. The van der Waals surface area contributed by atoms with Crippen LogP contribution in [0.25, 0.3) is 11.1 Å². The molecular weight excluding hydrogens is 292 g/mol. The maximum absolute atomic E-state index is 10.2. The molecule has 0 saturated carbocycles. The van der Waals surface area contributed by atoms with E-state index in [1.165, 1.54) is 0 Å². The second-order valence-electron chi connectivity index (χ2n) is 3.82. The van der Waals surface area contributed by atoms with Crippen molar-refractivity contribution in [3.8, 4) is 16.9 Å². The van der Waals surface area contributed by atoms with Gasteiger partial charge in [-0.25, -0.2) is 0 Å². The van der Waals surface area contributed by atoms with Crippen LogP contribution in [0.5, 0.6) is 5.75 Å². The molecule has 92 valence electrons. The van der Waals surface area contributed by atoms with E-state index >= 15 is 0 Å². The number of halogens is 1. The van der Waals surface area contributed by atoms with Crippen LogP contribution in [0, 0.1) is 0 Å². The maximum atomic E-state index is 10.2. The Kier molecular flexibility index (Phi) is 4.53. The third-order valence-electron chi connectivity index (χ3n) is 2.53. The van der Waals surface area contributed by atoms with E-state index < -0.39 is 0 Å². The van der Waals surface area contributed by atoms with E-state index in [0.29, 0.717) is 13.0 Å². The van der Waals surface area contributed by atoms with E-state index in [9.17, 15) is 4.79 Å². The Bertz CT molecular complexity index is 523. The number of ether oxygens (including phenoxy) is 1. The minimum Gasteiger partial charge on any atom is -0.492 e. The minimum absolute atomic E-state index is 0.410. The lowest BCUT2D eigenvalue weighted by atomic mass is 10.1. The molecule has 0 unspecified atom stereocenters. The fourth-order valence-electron chi connectivity index (χ4n) is 1.65. The SMILES string of the molecule is O=CCCOc1ccc(-c2ccccc2)cc1Br. The molecule has 0 N–H and O–H groups in total. The molecule has 0 atom stereocenters. The highest BCUT2D eigenvalue weighted by atomic mass is 79.9. The molecule has 2 aromatic rings. The number of hydrogen-bond acceptors (Lipinski definition) is 2. The number of hydrogen-bond donors (Lipinski definition) is 0. The second-order valence-corrected chi connectivity index (χ2v) is 4.67. The van der Waals surface area contributed by atoms with Crippen LogP contribution in [0.2, 0.25) is 0 Å². The summed E-state index contributed by atoms with van der Waals surface area (Å²) in [6.07, 6.45) is 1.26. The highest BCUT2D eigenvalue weighted by Crippen LogP contribution is 2.30. The van der Waals surface area contributed by atoms with E-state index in [0.717, 1.165) is 27.6 Å². The molecule has 0 aliphatic heterocycles. The summed E-state index contributed by atoms with van der Waals surface area (Å²) in [5.41, 5.74) is 2.29. The van der Waals surface area contributed by atoms with Gasteiger partial charge in [0.1, 0.15) is 12.0 Å². The van der Waals surface area contributed by atoms with Crippen molar-refractivity contribution < 1.29 is 9.53 Å². The number of benzene rings is 2. The average Bonchev–Trinajstić information content (AvgIpc) is 2.42. The first-order chi connectivity index (χ1) is 8.81. The Morgan fingerprint density at radius 3 is 2.50 bits per heavy atom. The molecule has 0 aromatic heterocycles. The van der Waals surface area contributed by atoms with Crippen LogP contribution in [0.4, 0.5) is 0 Å². The van der Waals surface area contributed by atoms with Crippen molar-refractivity contribution in [2.24, 2.45) is 0 Å². The Labute approximate surface area is 115 Å². The van der Waals surface area contributed by atoms with Crippen LogP contribution in [0.15, 0.2) is 53.0 Å². The molecule has 2 aromatic carbocycles. The molecule has 0 bridgehead atoms. The molecule has 0 radical (unpaired) electrons. The largest absolute Gasteiger partial charge is 0.492 e. The summed E-state index contributed by atoms with van der Waals surface area (Å²) in [4.78, 5) is 10.2. The van der Waals surface area contributed by atoms with Crippen LogP contribution >= 0.6 is 15.9 Å². The van der Waals surface area contributed by atoms with Crippen molar-refractivity contribution in [2.75, 3.05) is 6.61 Å². The Hall–Kier alpha value is -1.61. The second kappa shape index (κ2) is 6.36. The summed E-state index contributed by atoms with van der Waals surface area (Å²) in [6.45, 7) is 0.410. The lowest BCUT2D eigenvalue weighted by Crippen LogP contribution is -1.98. The van der Waals surface area contributed by atoms with Crippen molar-refractivity contribution in [1.82, 2.24) is 0 Å². The fraction of sp³-hybridized carbons (Fsp3) is 0.133. The van der Waals surface area contributed by atoms with Crippen molar-refractivity contribution in [3.63, 3.8) is 0 Å². The molecule has 2 nitrogen and oxygen atoms in total. The van der Waals surface area contributed by atoms with E-state index in [2.05, 4.69) is 28.1 Å². The summed E-state index contributed by atoms with van der Waals surface area (Å²) in [5, 5.41) is 0. The van der Waals surface area contributed by atoms with E-state index in [1.54, 1.807) is 0 Å². The summed E-state index contributed by atoms with van der Waals surface area (Å²) in [7, 11) is 0. The van der Waals surface area contributed by atoms with Crippen LogP contribution in [0.1, 0.15) is 6.42 Å². The predicted molar refractivity (Wildman–Crippen MR) is 75.8 cm³/mol. The average molecular weight is 305 g/mol. The van der Waals surface area contributed by atoms with Gasteiger partial charge in [0.05, 0.1) is 11.1 Å². The van der Waals surface area contributed by atoms with Gasteiger partial charge in [0.2, 0.25) is 0 Å². The molecule has 0 fully saturated rings. The molecule has 3 heteroatoms. The standard InChI is InChI=1S/C15H13BrO2/c16-14-11-13(12-5-2-1-3-6-12)7-8-15(14)18-10-4-9-17/h1-3,5-9,11H,4,10H2. The van der Waals surface area contributed by atoms with Gasteiger partial charge in [0, 0.05) is 6.42 Å². The number of aldehydes is 1. The molecule has 0 heterocycles. The summed E-state index contributed by atoms with van der Waals surface area (Å²) in [6, 6.07) is 16.1. The van der Waals surface area contributed by atoms with Gasteiger partial charge in [-0.05, 0) is 39.2 Å². The van der Waals surface area contributed by atoms with Gasteiger partial charge in [-0.15, -0.1) is 0 Å². The Morgan fingerprint density at radius 2 is 1.83 bits per heavy atom. The highest BCUT2D eigenvalue weighted by molar-refractivity contribution is 9.10. The van der Waals surface area contributed by atoms with Crippen LogP contribution in [0.3, 0.4) is 0 Å². The number of rotatable bonds is 5. The lowest BCUT2D eigenvalue weighted by molar-refractivity contribution is -0.108. The molecule has 0 amide bonds. The molecule has 0 saturated heterocycles. The quantitative estimate of drug-likeness (QED) is 0.614. The molecule has 18 heavy (non-hydrogen) atoms. The zero-order chi connectivity index (χ0) is 12.8. The van der Waals surface area contributed by atoms with Crippen molar-refractivity contribution in [3.05, 3.63) is 53.0 Å². The summed E-state index contributed by atoms with van der Waals surface area (Å²) in [5.74, 6) is 0.761. The maximum Gasteiger partial charge on any atom is 0.133 e. The van der Waals surface area contributed by atoms with Crippen LogP contribution in [-0.2, 0) is 4.79 Å². The van der Waals surface area contributed by atoms with Crippen LogP contribution < -0.4 is 4.74 Å². The zero-order valence-electron chi connectivity index (χ0n) is 9.80. The molecule has 0 aliphatic carbocycles. The van der Waals surface area contributed by atoms with E-state index in [1.807, 2.05) is 36.4 Å². The third kappa shape index (κ3) is 3.20. The van der Waals surface area contributed by atoms with Gasteiger partial charge in [-0.3, -0.25) is 0 Å². The van der Waals surface area contributed by atoms with E-state index in [4.69, 9.17) is 4.74 Å². The Balaban J connectivity index is 2.17. The first-order valence-electron chi connectivity index (χ1n) is 5.72. The summed E-state index contributed by atoms with van der Waals surface area (Å²) >= 11 is 3.48. The van der Waals surface area contributed by atoms with E-state index in [-0.39, 0.29) is 0 Å². The molecule has 0 aliphatic rings. The van der Waals surface area contributed by atoms with Gasteiger partial charge < -0.3 is 9.53 Å². The Morgan fingerprint density at radius 1 is 1.06 bits per heavy atom. The lowest BCUT2D eigenvalue weighted by Gasteiger charge is -2.08. The minimum atomic E-state index is 0.410. The molecular formula is C15H13BrO2. The van der Waals surface area contributed by atoms with Gasteiger partial charge in [0.25, 0.3) is 0 Å². The normalized spacial score (nSPS) is 10.1. The van der Waals surface area contributed by atoms with Gasteiger partial charge >= 0.3 is 0 Å². The number of carbonyl (C=O) groups is 1. The predicted octanol–water partition coefficient (Wildman–Crippen LogP) is 4.08. The van der Waals surface area contributed by atoms with Crippen molar-refractivity contribution in [2.45, 2.75) is 6.42 Å². The smallest absolute Gasteiger partial charge is 0.133 e. The van der Waals surface area contributed by atoms with Gasteiger partial charge in [0.15, 0.2) is 0 Å². The first kappa shape index (κ1) is 12.8. The zero-order valence-corrected chi connectivity index (χ0v) is 11.4. The molecule has 2 rings (SSSR count). The fourth-order valence-corrected chi connectivity index (χ4v) is 2.14. The van der Waals surface area contributed by atoms with Crippen LogP contribution in [-0.4, -0.2) is 12.9 Å². The monoisotopic (exact) mass is 304 g/mol. The highest BCUT2D eigenvalue weighted by Gasteiger charge is 2.04. The van der Waals surface area contributed by atoms with Crippen molar-refractivity contribution >= 4 is 22.2 Å². The van der Waals surface area contributed by atoms with Gasteiger partial charge in [-0.2, -0.15) is 0 Å². The van der Waals surface area contributed by atoms with Gasteiger partial charge in [-0.1, -0.05) is 36.4 Å². The van der Waals surface area contributed by atoms with Crippen molar-refractivity contribution in [1.29, 1.82) is 0 Å². The summed E-state index contributed by atoms with van der Waals surface area (Å²) < 4.78 is 6.39. The molecule has 0 spiro atoms. The topological polar surface area (TPSA) is 26.3 Å².